The van der Waals surface area contributed by atoms with Crippen molar-refractivity contribution in [2.45, 2.75) is 25.7 Å². The Bertz CT molecular complexity index is 1250. The SMILES string of the molecule is O=C1C(Cl)=C(NCCNc2c3c(nc4ccccc24)CCCC3)C(=O)c2ccccc21. The Morgan fingerprint density at radius 3 is 2.35 bits per heavy atom. The summed E-state index contributed by atoms with van der Waals surface area (Å²) in [5, 5.41) is 7.70. The molecule has 0 atom stereocenters. The van der Waals surface area contributed by atoms with Crippen LogP contribution in [0.1, 0.15) is 44.8 Å². The van der Waals surface area contributed by atoms with Gasteiger partial charge >= 0.3 is 0 Å². The number of carbonyl (C=O) groups is 2. The molecule has 0 saturated carbocycles. The van der Waals surface area contributed by atoms with Gasteiger partial charge in [0.15, 0.2) is 0 Å². The van der Waals surface area contributed by atoms with Crippen LogP contribution < -0.4 is 10.6 Å². The molecule has 2 aromatic carbocycles. The number of hydrogen-bond donors (Lipinski definition) is 2. The Balaban J connectivity index is 1.35. The summed E-state index contributed by atoms with van der Waals surface area (Å²) in [7, 11) is 0. The molecule has 0 fully saturated rings. The second-order valence-electron chi connectivity index (χ2n) is 7.88. The molecule has 0 spiro atoms. The van der Waals surface area contributed by atoms with Crippen molar-refractivity contribution in [2.75, 3.05) is 18.4 Å². The number of nitrogens with zero attached hydrogens (tertiary/aromatic N) is 1. The lowest BCUT2D eigenvalue weighted by Gasteiger charge is -2.22. The maximum absolute atomic E-state index is 12.8. The molecule has 0 bridgehead atoms. The molecule has 0 saturated heterocycles. The summed E-state index contributed by atoms with van der Waals surface area (Å²) in [6.45, 7) is 1.04. The fourth-order valence-corrected chi connectivity index (χ4v) is 4.71. The van der Waals surface area contributed by atoms with Gasteiger partial charge in [0.1, 0.15) is 10.7 Å². The molecule has 156 valence electrons. The van der Waals surface area contributed by atoms with Crippen LogP contribution in [0.4, 0.5) is 5.69 Å². The fourth-order valence-electron chi connectivity index (χ4n) is 4.45. The molecule has 2 aliphatic rings. The summed E-state index contributed by atoms with van der Waals surface area (Å²) in [5.41, 5.74) is 5.51. The Morgan fingerprint density at radius 2 is 1.52 bits per heavy atom. The van der Waals surface area contributed by atoms with E-state index in [1.807, 2.05) is 18.2 Å². The third-order valence-corrected chi connectivity index (χ3v) is 6.32. The quantitative estimate of drug-likeness (QED) is 0.575. The first-order valence-corrected chi connectivity index (χ1v) is 11.0. The maximum Gasteiger partial charge on any atom is 0.211 e. The van der Waals surface area contributed by atoms with Crippen molar-refractivity contribution >= 4 is 39.8 Å². The lowest BCUT2D eigenvalue weighted by molar-refractivity contribution is 0.0975. The Labute approximate surface area is 185 Å². The predicted octanol–water partition coefficient (Wildman–Crippen LogP) is 4.64. The zero-order chi connectivity index (χ0) is 21.4. The van der Waals surface area contributed by atoms with Crippen LogP contribution in [0, 0.1) is 0 Å². The maximum atomic E-state index is 12.8. The molecule has 0 radical (unpaired) electrons. The zero-order valence-electron chi connectivity index (χ0n) is 17.0. The summed E-state index contributed by atoms with van der Waals surface area (Å²) in [4.78, 5) is 30.2. The highest BCUT2D eigenvalue weighted by molar-refractivity contribution is 6.49. The van der Waals surface area contributed by atoms with E-state index in [9.17, 15) is 9.59 Å². The highest BCUT2D eigenvalue weighted by atomic mass is 35.5. The summed E-state index contributed by atoms with van der Waals surface area (Å²) in [5.74, 6) is -0.562. The number of nitrogens with one attached hydrogen (secondary N) is 2. The number of pyridine rings is 1. The van der Waals surface area contributed by atoms with E-state index in [1.165, 1.54) is 24.1 Å². The number of rotatable bonds is 5. The number of anilines is 1. The minimum Gasteiger partial charge on any atom is -0.382 e. The minimum absolute atomic E-state index is 0.0459. The molecule has 2 N–H and O–H groups in total. The van der Waals surface area contributed by atoms with Gasteiger partial charge in [0, 0.05) is 41.0 Å². The minimum atomic E-state index is -0.318. The van der Waals surface area contributed by atoms with Crippen molar-refractivity contribution in [3.63, 3.8) is 0 Å². The van der Waals surface area contributed by atoms with Crippen molar-refractivity contribution < 1.29 is 9.59 Å². The second kappa shape index (κ2) is 8.16. The molecule has 6 heteroatoms. The van der Waals surface area contributed by atoms with Gasteiger partial charge in [-0.05, 0) is 37.3 Å². The summed E-state index contributed by atoms with van der Waals surface area (Å²) in [6, 6.07) is 14.9. The lowest BCUT2D eigenvalue weighted by Crippen LogP contribution is -2.32. The monoisotopic (exact) mass is 431 g/mol. The number of aromatic nitrogens is 1. The second-order valence-corrected chi connectivity index (χ2v) is 8.26. The van der Waals surface area contributed by atoms with Gasteiger partial charge in [0.25, 0.3) is 0 Å². The normalized spacial score (nSPS) is 15.6. The first-order valence-electron chi connectivity index (χ1n) is 10.6. The van der Waals surface area contributed by atoms with Crippen LogP contribution in [0.15, 0.2) is 59.3 Å². The molecule has 1 aromatic heterocycles. The Hall–Kier alpha value is -3.18. The van der Waals surface area contributed by atoms with Gasteiger partial charge in [0.2, 0.25) is 11.6 Å². The van der Waals surface area contributed by atoms with Crippen LogP contribution in [0.3, 0.4) is 0 Å². The van der Waals surface area contributed by atoms with E-state index in [0.717, 1.165) is 29.4 Å². The van der Waals surface area contributed by atoms with E-state index in [0.29, 0.717) is 24.2 Å². The standard InChI is InChI=1S/C25H22ClN3O2/c26-21-23(25(31)16-8-2-1-7-15(16)24(21)30)28-14-13-27-22-17-9-3-5-11-19(17)29-20-12-6-4-10-18(20)22/h1-3,5,7-9,11,28H,4,6,10,12-14H2,(H,27,29). The predicted molar refractivity (Wildman–Crippen MR) is 123 cm³/mol. The van der Waals surface area contributed by atoms with Crippen molar-refractivity contribution in [3.05, 3.63) is 81.6 Å². The molecule has 31 heavy (non-hydrogen) atoms. The average Bonchev–Trinajstić information content (AvgIpc) is 2.81. The van der Waals surface area contributed by atoms with Crippen LogP contribution in [0.2, 0.25) is 0 Å². The van der Waals surface area contributed by atoms with Crippen LogP contribution >= 0.6 is 11.6 Å². The molecule has 3 aromatic rings. The third-order valence-electron chi connectivity index (χ3n) is 5.96. The molecule has 5 rings (SSSR count). The highest BCUT2D eigenvalue weighted by Gasteiger charge is 2.30. The number of halogens is 1. The summed E-state index contributed by atoms with van der Waals surface area (Å²) >= 11 is 6.24. The molecular weight excluding hydrogens is 410 g/mol. The third kappa shape index (κ3) is 3.49. The van der Waals surface area contributed by atoms with Crippen molar-refractivity contribution in [2.24, 2.45) is 0 Å². The van der Waals surface area contributed by atoms with Crippen molar-refractivity contribution in [1.29, 1.82) is 0 Å². The molecule has 0 unspecified atom stereocenters. The van der Waals surface area contributed by atoms with E-state index in [4.69, 9.17) is 16.6 Å². The molecule has 2 aliphatic carbocycles. The first kappa shape index (κ1) is 19.8. The fraction of sp³-hybridized carbons (Fsp3) is 0.240. The van der Waals surface area contributed by atoms with E-state index in [1.54, 1.807) is 24.3 Å². The van der Waals surface area contributed by atoms with Gasteiger partial charge in [-0.2, -0.15) is 0 Å². The number of ketones is 2. The van der Waals surface area contributed by atoms with Crippen LogP contribution in [-0.4, -0.2) is 29.6 Å². The van der Waals surface area contributed by atoms with Gasteiger partial charge in [0.05, 0.1) is 5.52 Å². The van der Waals surface area contributed by atoms with E-state index < -0.39 is 0 Å². The van der Waals surface area contributed by atoms with Gasteiger partial charge in [-0.25, -0.2) is 0 Å². The van der Waals surface area contributed by atoms with Crippen LogP contribution in [0.25, 0.3) is 10.9 Å². The smallest absolute Gasteiger partial charge is 0.211 e. The van der Waals surface area contributed by atoms with E-state index in [-0.39, 0.29) is 22.3 Å². The molecule has 1 heterocycles. The number of fused-ring (bicyclic) bond motifs is 3. The van der Waals surface area contributed by atoms with E-state index >= 15 is 0 Å². The number of benzene rings is 2. The summed E-state index contributed by atoms with van der Waals surface area (Å²) < 4.78 is 0. The van der Waals surface area contributed by atoms with Gasteiger partial charge in [-0.1, -0.05) is 54.1 Å². The first-order chi connectivity index (χ1) is 15.1. The number of carbonyl (C=O) groups excluding carboxylic acids is 2. The Morgan fingerprint density at radius 1 is 0.839 bits per heavy atom. The highest BCUT2D eigenvalue weighted by Crippen LogP contribution is 2.33. The number of para-hydroxylation sites is 1. The number of allylic oxidation sites excluding steroid dienone is 2. The molecular formula is C25H22ClN3O2. The molecule has 0 amide bonds. The molecule has 5 nitrogen and oxygen atoms in total. The van der Waals surface area contributed by atoms with Crippen molar-refractivity contribution in [1.82, 2.24) is 10.3 Å². The number of aryl methyl sites for hydroxylation is 1. The summed E-state index contributed by atoms with van der Waals surface area (Å²) in [6.07, 6.45) is 4.36. The van der Waals surface area contributed by atoms with Gasteiger partial charge in [-0.15, -0.1) is 0 Å². The van der Waals surface area contributed by atoms with Gasteiger partial charge in [-0.3, -0.25) is 14.6 Å². The lowest BCUT2D eigenvalue weighted by atomic mass is 9.92. The number of Topliss-reactive ketones (excluding diaryl/α,β-unsaturated/α-hetero) is 2. The zero-order valence-corrected chi connectivity index (χ0v) is 17.8. The van der Waals surface area contributed by atoms with Gasteiger partial charge < -0.3 is 10.6 Å². The topological polar surface area (TPSA) is 71.1 Å². The average molecular weight is 432 g/mol. The molecule has 0 aliphatic heterocycles. The number of hydrogen-bond acceptors (Lipinski definition) is 5. The van der Waals surface area contributed by atoms with Crippen molar-refractivity contribution in [3.8, 4) is 0 Å². The van der Waals surface area contributed by atoms with E-state index in [2.05, 4.69) is 16.7 Å². The van der Waals surface area contributed by atoms with Crippen LogP contribution in [0.5, 0.6) is 0 Å². The largest absolute Gasteiger partial charge is 0.382 e. The Kier molecular flexibility index (Phi) is 5.20. The van der Waals surface area contributed by atoms with Crippen LogP contribution in [-0.2, 0) is 12.8 Å².